The van der Waals surface area contributed by atoms with E-state index in [9.17, 15) is 4.79 Å². The maximum absolute atomic E-state index is 12.3. The molecular weight excluding hydrogens is 348 g/mol. The van der Waals surface area contributed by atoms with Gasteiger partial charge in [-0.1, -0.05) is 56.3 Å². The number of ether oxygens (including phenoxy) is 2. The average molecular weight is 374 g/mol. The van der Waals surface area contributed by atoms with Crippen LogP contribution in [0.2, 0.25) is 0 Å². The normalized spacial score (nSPS) is 11.1. The molecule has 3 rings (SSSR count). The minimum Gasteiger partial charge on any atom is -0.497 e. The minimum atomic E-state index is -0.347. The molecule has 0 saturated heterocycles. The van der Waals surface area contributed by atoms with Crippen molar-refractivity contribution in [3.05, 3.63) is 95.6 Å². The van der Waals surface area contributed by atoms with E-state index in [2.05, 4.69) is 38.1 Å². The zero-order chi connectivity index (χ0) is 20.0. The first-order valence-corrected chi connectivity index (χ1v) is 9.65. The molecule has 0 aliphatic heterocycles. The minimum absolute atomic E-state index is 0.0890. The van der Waals surface area contributed by atoms with Gasteiger partial charge in [-0.05, 0) is 60.4 Å². The number of esters is 1. The summed E-state index contributed by atoms with van der Waals surface area (Å²) >= 11 is 0. The van der Waals surface area contributed by atoms with Gasteiger partial charge in [0.05, 0.1) is 12.7 Å². The van der Waals surface area contributed by atoms with Crippen molar-refractivity contribution in [2.24, 2.45) is 0 Å². The Morgan fingerprint density at radius 3 is 1.71 bits per heavy atom. The molecule has 3 aromatic rings. The van der Waals surface area contributed by atoms with Gasteiger partial charge in [-0.2, -0.15) is 0 Å². The molecule has 0 fully saturated rings. The largest absolute Gasteiger partial charge is 0.497 e. The average Bonchev–Trinajstić information content (AvgIpc) is 2.77. The number of rotatable bonds is 7. The molecule has 0 saturated carbocycles. The Kier molecular flexibility index (Phi) is 6.15. The molecule has 0 atom stereocenters. The molecule has 0 spiro atoms. The fraction of sp³-hybridized carbons (Fsp3) is 0.240. The second-order valence-electron chi connectivity index (χ2n) is 6.80. The molecular formula is C25H26O3. The van der Waals surface area contributed by atoms with E-state index in [-0.39, 0.29) is 11.4 Å². The molecule has 28 heavy (non-hydrogen) atoms. The summed E-state index contributed by atoms with van der Waals surface area (Å²) in [6.45, 7) is 4.41. The van der Waals surface area contributed by atoms with Crippen molar-refractivity contribution in [1.29, 1.82) is 0 Å². The Balaban J connectivity index is 1.85. The van der Waals surface area contributed by atoms with Crippen LogP contribution in [0.1, 0.15) is 48.2 Å². The molecule has 0 radical (unpaired) electrons. The molecule has 0 aliphatic carbocycles. The predicted molar refractivity (Wildman–Crippen MR) is 112 cm³/mol. The highest BCUT2D eigenvalue weighted by Gasteiger charge is 2.30. The van der Waals surface area contributed by atoms with Crippen LogP contribution in [0.15, 0.2) is 78.9 Å². The van der Waals surface area contributed by atoms with E-state index in [1.165, 1.54) is 11.1 Å². The summed E-state index contributed by atoms with van der Waals surface area (Å²) in [5.74, 6) is 1.06. The highest BCUT2D eigenvalue weighted by molar-refractivity contribution is 5.90. The standard InChI is InChI=1S/C25H26O3/c1-4-25(5-2,20-11-15-22(27-3)16-12-20)21-13-17-23(18-14-21)28-24(26)19-9-7-6-8-10-19/h6-18H,4-5H2,1-3H3. The van der Waals surface area contributed by atoms with Crippen molar-refractivity contribution in [2.45, 2.75) is 32.1 Å². The van der Waals surface area contributed by atoms with Crippen LogP contribution in [-0.2, 0) is 5.41 Å². The lowest BCUT2D eigenvalue weighted by Crippen LogP contribution is -2.26. The number of hydrogen-bond acceptors (Lipinski definition) is 3. The summed E-state index contributed by atoms with van der Waals surface area (Å²) in [6, 6.07) is 25.2. The van der Waals surface area contributed by atoms with Gasteiger partial charge in [0, 0.05) is 5.41 Å². The first kappa shape index (κ1) is 19.7. The molecule has 0 heterocycles. The summed E-state index contributed by atoms with van der Waals surface area (Å²) in [5, 5.41) is 0. The molecule has 0 aliphatic rings. The quantitative estimate of drug-likeness (QED) is 0.375. The number of hydrogen-bond donors (Lipinski definition) is 0. The van der Waals surface area contributed by atoms with Gasteiger partial charge in [-0.25, -0.2) is 4.79 Å². The summed E-state index contributed by atoms with van der Waals surface area (Å²) in [7, 11) is 1.68. The number of carbonyl (C=O) groups is 1. The van der Waals surface area contributed by atoms with E-state index in [1.54, 1.807) is 19.2 Å². The van der Waals surface area contributed by atoms with Gasteiger partial charge in [-0.15, -0.1) is 0 Å². The van der Waals surface area contributed by atoms with Gasteiger partial charge in [0.25, 0.3) is 0 Å². The van der Waals surface area contributed by atoms with Crippen molar-refractivity contribution in [3.63, 3.8) is 0 Å². The summed E-state index contributed by atoms with van der Waals surface area (Å²) < 4.78 is 10.8. The lowest BCUT2D eigenvalue weighted by atomic mass is 9.70. The third-order valence-electron chi connectivity index (χ3n) is 5.48. The summed E-state index contributed by atoms with van der Waals surface area (Å²) in [4.78, 5) is 12.3. The van der Waals surface area contributed by atoms with E-state index in [0.29, 0.717) is 11.3 Å². The van der Waals surface area contributed by atoms with Crippen LogP contribution in [0, 0.1) is 0 Å². The fourth-order valence-electron chi connectivity index (χ4n) is 3.73. The van der Waals surface area contributed by atoms with E-state index in [4.69, 9.17) is 9.47 Å². The van der Waals surface area contributed by atoms with Crippen LogP contribution in [0.4, 0.5) is 0 Å². The van der Waals surface area contributed by atoms with Crippen molar-refractivity contribution >= 4 is 5.97 Å². The van der Waals surface area contributed by atoms with Crippen LogP contribution in [0.5, 0.6) is 11.5 Å². The first-order valence-electron chi connectivity index (χ1n) is 9.65. The zero-order valence-corrected chi connectivity index (χ0v) is 16.6. The van der Waals surface area contributed by atoms with Crippen molar-refractivity contribution in [3.8, 4) is 11.5 Å². The topological polar surface area (TPSA) is 35.5 Å². The maximum Gasteiger partial charge on any atom is 0.343 e. The van der Waals surface area contributed by atoms with Crippen LogP contribution in [-0.4, -0.2) is 13.1 Å². The Bertz CT molecular complexity index is 893. The number of carbonyl (C=O) groups excluding carboxylic acids is 1. The van der Waals surface area contributed by atoms with E-state index in [0.717, 1.165) is 18.6 Å². The number of benzene rings is 3. The molecule has 0 unspecified atom stereocenters. The second kappa shape index (κ2) is 8.75. The van der Waals surface area contributed by atoms with Gasteiger partial charge in [0.2, 0.25) is 0 Å². The van der Waals surface area contributed by atoms with Crippen molar-refractivity contribution in [1.82, 2.24) is 0 Å². The third-order valence-corrected chi connectivity index (χ3v) is 5.48. The lowest BCUT2D eigenvalue weighted by molar-refractivity contribution is 0.0734. The van der Waals surface area contributed by atoms with Gasteiger partial charge in [0.1, 0.15) is 11.5 Å². The van der Waals surface area contributed by atoms with E-state index in [1.807, 2.05) is 42.5 Å². The molecule has 0 N–H and O–H groups in total. The SMILES string of the molecule is CCC(CC)(c1ccc(OC)cc1)c1ccc(OC(=O)c2ccccc2)cc1. The lowest BCUT2D eigenvalue weighted by Gasteiger charge is -2.33. The smallest absolute Gasteiger partial charge is 0.343 e. The van der Waals surface area contributed by atoms with Crippen LogP contribution in [0.25, 0.3) is 0 Å². The second-order valence-corrected chi connectivity index (χ2v) is 6.80. The molecule has 0 bridgehead atoms. The van der Waals surface area contributed by atoms with Crippen LogP contribution < -0.4 is 9.47 Å². The molecule has 0 aromatic heterocycles. The Labute approximate surface area is 166 Å². The predicted octanol–water partition coefficient (Wildman–Crippen LogP) is 6.02. The fourth-order valence-corrected chi connectivity index (χ4v) is 3.73. The summed E-state index contributed by atoms with van der Waals surface area (Å²) in [6.07, 6.45) is 1.94. The molecule has 3 heteroatoms. The van der Waals surface area contributed by atoms with E-state index < -0.39 is 0 Å². The Morgan fingerprint density at radius 2 is 1.25 bits per heavy atom. The Morgan fingerprint density at radius 1 is 0.750 bits per heavy atom. The van der Waals surface area contributed by atoms with Crippen molar-refractivity contribution in [2.75, 3.05) is 7.11 Å². The van der Waals surface area contributed by atoms with Gasteiger partial charge in [0.15, 0.2) is 0 Å². The monoisotopic (exact) mass is 374 g/mol. The van der Waals surface area contributed by atoms with Gasteiger partial charge in [-0.3, -0.25) is 0 Å². The highest BCUT2D eigenvalue weighted by atomic mass is 16.5. The van der Waals surface area contributed by atoms with Gasteiger partial charge < -0.3 is 9.47 Å². The maximum atomic E-state index is 12.3. The third kappa shape index (κ3) is 3.94. The Hall–Kier alpha value is -3.07. The molecule has 3 nitrogen and oxygen atoms in total. The number of methoxy groups -OCH3 is 1. The van der Waals surface area contributed by atoms with Crippen molar-refractivity contribution < 1.29 is 14.3 Å². The van der Waals surface area contributed by atoms with Gasteiger partial charge >= 0.3 is 5.97 Å². The first-order chi connectivity index (χ1) is 13.6. The highest BCUT2D eigenvalue weighted by Crippen LogP contribution is 2.40. The molecule has 144 valence electrons. The summed E-state index contributed by atoms with van der Waals surface area (Å²) in [5.41, 5.74) is 2.92. The zero-order valence-electron chi connectivity index (χ0n) is 16.6. The van der Waals surface area contributed by atoms with E-state index >= 15 is 0 Å². The molecule has 0 amide bonds. The van der Waals surface area contributed by atoms with Crippen LogP contribution in [0.3, 0.4) is 0 Å². The van der Waals surface area contributed by atoms with Crippen LogP contribution >= 0.6 is 0 Å². The molecule has 3 aromatic carbocycles.